The third-order valence-electron chi connectivity index (χ3n) is 4.39. The Morgan fingerprint density at radius 3 is 2.79 bits per heavy atom. The van der Waals surface area contributed by atoms with E-state index in [9.17, 15) is 0 Å². The zero-order chi connectivity index (χ0) is 13.4. The molecule has 0 spiro atoms. The van der Waals surface area contributed by atoms with E-state index >= 15 is 0 Å². The van der Waals surface area contributed by atoms with Crippen LogP contribution < -0.4 is 0 Å². The van der Waals surface area contributed by atoms with Gasteiger partial charge in [0.2, 0.25) is 0 Å². The van der Waals surface area contributed by atoms with Gasteiger partial charge in [0.05, 0.1) is 5.69 Å². The van der Waals surface area contributed by atoms with Crippen LogP contribution in [0.15, 0.2) is 0 Å². The largest absolute Gasteiger partial charge is 0.328 e. The Hall–Kier alpha value is -1.10. The van der Waals surface area contributed by atoms with E-state index in [0.29, 0.717) is 0 Å². The number of hydrogen-bond donors (Lipinski definition) is 1. The van der Waals surface area contributed by atoms with Gasteiger partial charge in [0, 0.05) is 13.6 Å². The fourth-order valence-electron chi connectivity index (χ4n) is 3.34. The number of rotatable bonds is 4. The van der Waals surface area contributed by atoms with Crippen molar-refractivity contribution in [3.63, 3.8) is 0 Å². The smallest absolute Gasteiger partial charge is 0.179 e. The minimum Gasteiger partial charge on any atom is -0.328 e. The van der Waals surface area contributed by atoms with Gasteiger partial charge >= 0.3 is 0 Å². The minimum absolute atomic E-state index is 0.843. The molecule has 1 saturated carbocycles. The number of hydrogen-bond acceptors (Lipinski definition) is 2. The predicted molar refractivity (Wildman–Crippen MR) is 79.8 cm³/mol. The molecular weight excluding hydrogens is 256 g/mol. The lowest BCUT2D eigenvalue weighted by Gasteiger charge is -2.10. The van der Waals surface area contributed by atoms with E-state index in [4.69, 9.17) is 12.2 Å². The van der Waals surface area contributed by atoms with Crippen LogP contribution in [0.3, 0.4) is 0 Å². The highest BCUT2D eigenvalue weighted by molar-refractivity contribution is 7.71. The third kappa shape index (κ3) is 2.24. The van der Waals surface area contributed by atoms with Gasteiger partial charge in [-0.1, -0.05) is 32.6 Å². The van der Waals surface area contributed by atoms with Crippen LogP contribution in [0, 0.1) is 10.7 Å². The maximum Gasteiger partial charge on any atom is 0.179 e. The van der Waals surface area contributed by atoms with Crippen molar-refractivity contribution in [2.45, 2.75) is 52.0 Å². The zero-order valence-corrected chi connectivity index (χ0v) is 12.6. The first-order valence-corrected chi connectivity index (χ1v) is 7.76. The van der Waals surface area contributed by atoms with Crippen LogP contribution in [0.2, 0.25) is 0 Å². The number of fused-ring (bicyclic) bond motifs is 1. The van der Waals surface area contributed by atoms with E-state index in [-0.39, 0.29) is 0 Å². The van der Waals surface area contributed by atoms with E-state index in [1.165, 1.54) is 32.1 Å². The SMILES string of the molecule is CCc1nn(C)c2c1[nH]c(=S)n2CCC1CCCC1. The van der Waals surface area contributed by atoms with Crippen molar-refractivity contribution in [2.24, 2.45) is 13.0 Å². The van der Waals surface area contributed by atoms with E-state index in [0.717, 1.165) is 40.5 Å². The van der Waals surface area contributed by atoms with Gasteiger partial charge < -0.3 is 9.55 Å². The van der Waals surface area contributed by atoms with Crippen LogP contribution in [0.4, 0.5) is 0 Å². The summed E-state index contributed by atoms with van der Waals surface area (Å²) in [5, 5.41) is 4.57. The van der Waals surface area contributed by atoms with Gasteiger partial charge in [-0.25, -0.2) is 0 Å². The molecule has 3 rings (SSSR count). The monoisotopic (exact) mass is 278 g/mol. The molecule has 0 aromatic carbocycles. The molecule has 19 heavy (non-hydrogen) atoms. The van der Waals surface area contributed by atoms with Gasteiger partial charge in [0.25, 0.3) is 0 Å². The normalized spacial score (nSPS) is 16.7. The van der Waals surface area contributed by atoms with Crippen molar-refractivity contribution in [1.82, 2.24) is 19.3 Å². The molecule has 0 radical (unpaired) electrons. The fraction of sp³-hybridized carbons (Fsp3) is 0.714. The summed E-state index contributed by atoms with van der Waals surface area (Å²) in [4.78, 5) is 3.34. The Bertz CT molecular complexity index is 628. The van der Waals surface area contributed by atoms with Gasteiger partial charge in [-0.05, 0) is 31.0 Å². The van der Waals surface area contributed by atoms with Gasteiger partial charge in [-0.2, -0.15) is 5.10 Å². The van der Waals surface area contributed by atoms with E-state index in [1.54, 1.807) is 0 Å². The average molecular weight is 278 g/mol. The summed E-state index contributed by atoms with van der Waals surface area (Å²) in [6.07, 6.45) is 7.79. The van der Waals surface area contributed by atoms with Crippen molar-refractivity contribution >= 4 is 23.4 Å². The van der Waals surface area contributed by atoms with Crippen LogP contribution in [0.1, 0.15) is 44.7 Å². The number of aromatic amines is 1. The summed E-state index contributed by atoms with van der Waals surface area (Å²) < 4.78 is 5.04. The molecule has 2 aromatic rings. The first-order chi connectivity index (χ1) is 9.20. The summed E-state index contributed by atoms with van der Waals surface area (Å²) in [5.74, 6) is 0.894. The van der Waals surface area contributed by atoms with Crippen molar-refractivity contribution in [3.8, 4) is 0 Å². The summed E-state index contributed by atoms with van der Waals surface area (Å²) in [6, 6.07) is 0. The second-order valence-corrected chi connectivity index (χ2v) is 6.03. The summed E-state index contributed by atoms with van der Waals surface area (Å²) in [7, 11) is 2.01. The van der Waals surface area contributed by atoms with Gasteiger partial charge in [0.15, 0.2) is 10.4 Å². The lowest BCUT2D eigenvalue weighted by atomic mass is 10.0. The topological polar surface area (TPSA) is 38.5 Å². The van der Waals surface area contributed by atoms with E-state index < -0.39 is 0 Å². The lowest BCUT2D eigenvalue weighted by Crippen LogP contribution is -2.06. The van der Waals surface area contributed by atoms with Crippen LogP contribution in [0.25, 0.3) is 11.2 Å². The van der Waals surface area contributed by atoms with Crippen molar-refractivity contribution in [2.75, 3.05) is 0 Å². The Morgan fingerprint density at radius 1 is 1.37 bits per heavy atom. The molecule has 2 heterocycles. The molecule has 1 N–H and O–H groups in total. The fourth-order valence-corrected chi connectivity index (χ4v) is 3.62. The van der Waals surface area contributed by atoms with Crippen LogP contribution >= 0.6 is 12.2 Å². The first-order valence-electron chi connectivity index (χ1n) is 7.35. The molecule has 2 aromatic heterocycles. The summed E-state index contributed by atoms with van der Waals surface area (Å²) in [5.41, 5.74) is 3.39. The number of aryl methyl sites for hydroxylation is 3. The number of H-pyrrole nitrogens is 1. The second-order valence-electron chi connectivity index (χ2n) is 5.64. The first kappa shape index (κ1) is 12.9. The highest BCUT2D eigenvalue weighted by atomic mass is 32.1. The molecule has 1 fully saturated rings. The quantitative estimate of drug-likeness (QED) is 0.868. The molecule has 0 bridgehead atoms. The number of nitrogens with one attached hydrogen (secondary N) is 1. The van der Waals surface area contributed by atoms with Crippen molar-refractivity contribution in [3.05, 3.63) is 10.5 Å². The molecule has 0 aliphatic heterocycles. The summed E-state index contributed by atoms with van der Waals surface area (Å²) >= 11 is 5.48. The highest BCUT2D eigenvalue weighted by Crippen LogP contribution is 2.28. The number of aromatic nitrogens is 4. The van der Waals surface area contributed by atoms with Crippen LogP contribution in [0.5, 0.6) is 0 Å². The molecule has 4 nitrogen and oxygen atoms in total. The molecule has 1 aliphatic rings. The van der Waals surface area contributed by atoms with Crippen molar-refractivity contribution in [1.29, 1.82) is 0 Å². The van der Waals surface area contributed by atoms with Gasteiger partial charge in [-0.3, -0.25) is 4.68 Å². The Morgan fingerprint density at radius 2 is 2.11 bits per heavy atom. The molecule has 5 heteroatoms. The lowest BCUT2D eigenvalue weighted by molar-refractivity contribution is 0.457. The molecule has 0 saturated heterocycles. The minimum atomic E-state index is 0.843. The molecule has 0 amide bonds. The number of nitrogens with zero attached hydrogens (tertiary/aromatic N) is 3. The molecule has 1 aliphatic carbocycles. The standard InChI is InChI=1S/C14H22N4S/c1-3-11-12-13(17(2)16-11)18(14(19)15-12)9-8-10-6-4-5-7-10/h10H,3-9H2,1-2H3,(H,15,19). The van der Waals surface area contributed by atoms with Crippen LogP contribution in [-0.4, -0.2) is 19.3 Å². The Kier molecular flexibility index (Phi) is 3.48. The maximum atomic E-state index is 5.48. The van der Waals surface area contributed by atoms with Crippen LogP contribution in [-0.2, 0) is 20.0 Å². The molecular formula is C14H22N4S. The highest BCUT2D eigenvalue weighted by Gasteiger charge is 2.18. The molecule has 0 atom stereocenters. The zero-order valence-electron chi connectivity index (χ0n) is 11.8. The summed E-state index contributed by atoms with van der Waals surface area (Å²) in [6.45, 7) is 3.15. The maximum absolute atomic E-state index is 5.48. The van der Waals surface area contributed by atoms with E-state index in [2.05, 4.69) is 21.6 Å². The molecule has 104 valence electrons. The predicted octanol–water partition coefficient (Wildman–Crippen LogP) is 3.58. The Labute approximate surface area is 118 Å². The number of imidazole rings is 1. The average Bonchev–Trinajstić information content (AvgIpc) is 3.06. The Balaban J connectivity index is 1.91. The van der Waals surface area contributed by atoms with Gasteiger partial charge in [0.1, 0.15) is 5.52 Å². The molecule has 0 unspecified atom stereocenters. The van der Waals surface area contributed by atoms with Gasteiger partial charge in [-0.15, -0.1) is 0 Å². The van der Waals surface area contributed by atoms with E-state index in [1.807, 2.05) is 11.7 Å². The second kappa shape index (κ2) is 5.12. The third-order valence-corrected chi connectivity index (χ3v) is 4.72. The van der Waals surface area contributed by atoms with Crippen molar-refractivity contribution < 1.29 is 0 Å².